The number of ether oxygens (including phenoxy) is 2. The Hall–Kier alpha value is -3.45. The summed E-state index contributed by atoms with van der Waals surface area (Å²) in [6, 6.07) is 15.6. The first-order chi connectivity index (χ1) is 19.4. The largest absolute Gasteiger partial charge is 0.497 e. The Morgan fingerprint density at radius 3 is 2.48 bits per heavy atom. The molecular weight excluding hydrogens is 512 g/mol. The Kier molecular flexibility index (Phi) is 9.00. The Bertz CT molecular complexity index is 1330. The van der Waals surface area contributed by atoms with Crippen molar-refractivity contribution in [2.45, 2.75) is 64.0 Å². The Morgan fingerprint density at radius 1 is 1.00 bits per heavy atom. The number of rotatable bonds is 11. The number of aliphatic carboxylic acids is 1. The van der Waals surface area contributed by atoms with Crippen molar-refractivity contribution in [2.75, 3.05) is 20.2 Å². The van der Waals surface area contributed by atoms with Crippen LogP contribution < -0.4 is 9.47 Å². The van der Waals surface area contributed by atoms with Gasteiger partial charge in [0.05, 0.1) is 13.5 Å². The van der Waals surface area contributed by atoms with E-state index in [0.29, 0.717) is 23.4 Å². The number of methoxy groups -OCH3 is 1. The van der Waals surface area contributed by atoms with Crippen LogP contribution in [-0.4, -0.2) is 36.2 Å². The Balaban J connectivity index is 1.41. The van der Waals surface area contributed by atoms with E-state index in [1.807, 2.05) is 18.2 Å². The number of likely N-dealkylation sites (tertiary alicyclic amines) is 1. The standard InChI is InChI=1S/C33H37F2NO4/c1-39-25-12-14-30(34)29(18-25)26-13-9-22(17-24(26)20-36-15-4-2-3-5-16-36)21-40-31-8-6-7-27(33(31)35)28(19-32(37)38)23-10-11-23/h6-9,12-14,17-18,23,28H,2-5,10-11,15-16,19-21H2,1H3,(H,37,38)/t28-/m1/s1. The SMILES string of the molecule is COc1ccc(F)c(-c2ccc(COc3cccc([C@H](CC(=O)O)C4CC4)c3F)cc2CN2CCCCCC2)c1. The van der Waals surface area contributed by atoms with E-state index in [9.17, 15) is 9.90 Å². The third-order valence-corrected chi connectivity index (χ3v) is 8.10. The molecule has 1 aliphatic heterocycles. The van der Waals surface area contributed by atoms with Gasteiger partial charge in [-0.05, 0) is 91.2 Å². The van der Waals surface area contributed by atoms with Gasteiger partial charge < -0.3 is 14.6 Å². The summed E-state index contributed by atoms with van der Waals surface area (Å²) in [7, 11) is 1.57. The highest BCUT2D eigenvalue weighted by Crippen LogP contribution is 2.46. The van der Waals surface area contributed by atoms with E-state index in [1.54, 1.807) is 37.4 Å². The van der Waals surface area contributed by atoms with Gasteiger partial charge in [0.15, 0.2) is 11.6 Å². The minimum absolute atomic E-state index is 0.0901. The van der Waals surface area contributed by atoms with Crippen molar-refractivity contribution < 1.29 is 28.2 Å². The Labute approximate surface area is 234 Å². The van der Waals surface area contributed by atoms with Crippen LogP contribution in [0.2, 0.25) is 0 Å². The molecule has 0 aromatic heterocycles. The third-order valence-electron chi connectivity index (χ3n) is 8.10. The lowest BCUT2D eigenvalue weighted by Crippen LogP contribution is -2.24. The highest BCUT2D eigenvalue weighted by molar-refractivity contribution is 5.70. The van der Waals surface area contributed by atoms with Gasteiger partial charge in [-0.2, -0.15) is 0 Å². The van der Waals surface area contributed by atoms with Gasteiger partial charge in [0.25, 0.3) is 0 Å². The van der Waals surface area contributed by atoms with Crippen molar-refractivity contribution in [3.8, 4) is 22.6 Å². The molecule has 0 amide bonds. The van der Waals surface area contributed by atoms with E-state index in [0.717, 1.165) is 55.5 Å². The summed E-state index contributed by atoms with van der Waals surface area (Å²) in [4.78, 5) is 13.8. The zero-order valence-electron chi connectivity index (χ0n) is 23.0. The average molecular weight is 550 g/mol. The quantitative estimate of drug-likeness (QED) is 0.267. The molecule has 1 atom stereocenters. The molecular formula is C33H37F2NO4. The van der Waals surface area contributed by atoms with Gasteiger partial charge >= 0.3 is 5.97 Å². The van der Waals surface area contributed by atoms with Crippen LogP contribution >= 0.6 is 0 Å². The highest BCUT2D eigenvalue weighted by Gasteiger charge is 2.35. The first-order valence-corrected chi connectivity index (χ1v) is 14.2. The van der Waals surface area contributed by atoms with Gasteiger partial charge in [0.1, 0.15) is 18.2 Å². The number of nitrogens with zero attached hydrogens (tertiary/aromatic N) is 1. The maximum atomic E-state index is 15.5. The highest BCUT2D eigenvalue weighted by atomic mass is 19.1. The van der Waals surface area contributed by atoms with E-state index in [4.69, 9.17) is 9.47 Å². The molecule has 0 unspecified atom stereocenters. The molecule has 1 N–H and O–H groups in total. The minimum Gasteiger partial charge on any atom is -0.497 e. The van der Waals surface area contributed by atoms with Gasteiger partial charge in [-0.1, -0.05) is 43.2 Å². The molecule has 3 aromatic carbocycles. The van der Waals surface area contributed by atoms with Crippen LogP contribution in [0.5, 0.6) is 11.5 Å². The zero-order chi connectivity index (χ0) is 28.1. The topological polar surface area (TPSA) is 59.0 Å². The molecule has 3 aromatic rings. The molecule has 1 saturated heterocycles. The number of carbonyl (C=O) groups is 1. The fourth-order valence-corrected chi connectivity index (χ4v) is 5.81. The lowest BCUT2D eigenvalue weighted by Gasteiger charge is -2.23. The molecule has 0 bridgehead atoms. The molecule has 5 rings (SSSR count). The van der Waals surface area contributed by atoms with Gasteiger partial charge in [-0.25, -0.2) is 8.78 Å². The molecule has 1 aliphatic carbocycles. The number of carboxylic acid groups (broad SMARTS) is 1. The van der Waals surface area contributed by atoms with Crippen LogP contribution in [0.15, 0.2) is 54.6 Å². The van der Waals surface area contributed by atoms with Crippen LogP contribution in [0.1, 0.15) is 67.6 Å². The van der Waals surface area contributed by atoms with E-state index < -0.39 is 11.8 Å². The number of halogens is 2. The molecule has 212 valence electrons. The second-order valence-electron chi connectivity index (χ2n) is 11.0. The normalized spacial score (nSPS) is 16.8. The third kappa shape index (κ3) is 6.81. The fourth-order valence-electron chi connectivity index (χ4n) is 5.81. The number of hydrogen-bond acceptors (Lipinski definition) is 4. The van der Waals surface area contributed by atoms with Crippen LogP contribution in [0, 0.1) is 17.6 Å². The van der Waals surface area contributed by atoms with Crippen molar-refractivity contribution in [1.82, 2.24) is 4.90 Å². The molecule has 0 spiro atoms. The predicted octanol–water partition coefficient (Wildman–Crippen LogP) is 7.56. The Morgan fingerprint density at radius 2 is 1.77 bits per heavy atom. The van der Waals surface area contributed by atoms with Crippen molar-refractivity contribution >= 4 is 5.97 Å². The van der Waals surface area contributed by atoms with Crippen LogP contribution in [0.25, 0.3) is 11.1 Å². The van der Waals surface area contributed by atoms with Crippen molar-refractivity contribution in [3.63, 3.8) is 0 Å². The fraction of sp³-hybridized carbons (Fsp3) is 0.424. The van der Waals surface area contributed by atoms with Crippen molar-refractivity contribution in [1.29, 1.82) is 0 Å². The van der Waals surface area contributed by atoms with E-state index >= 15 is 8.78 Å². The van der Waals surface area contributed by atoms with Crippen molar-refractivity contribution in [3.05, 3.63) is 82.9 Å². The lowest BCUT2D eigenvalue weighted by atomic mass is 9.90. The molecule has 0 radical (unpaired) electrons. The van der Waals surface area contributed by atoms with Crippen LogP contribution in [0.3, 0.4) is 0 Å². The summed E-state index contributed by atoms with van der Waals surface area (Å²) >= 11 is 0. The lowest BCUT2D eigenvalue weighted by molar-refractivity contribution is -0.137. The first-order valence-electron chi connectivity index (χ1n) is 14.2. The second-order valence-corrected chi connectivity index (χ2v) is 11.0. The van der Waals surface area contributed by atoms with Gasteiger partial charge in [0.2, 0.25) is 0 Å². The van der Waals surface area contributed by atoms with Crippen LogP contribution in [-0.2, 0) is 17.9 Å². The molecule has 1 saturated carbocycles. The van der Waals surface area contributed by atoms with Crippen molar-refractivity contribution in [2.24, 2.45) is 5.92 Å². The number of carboxylic acids is 1. The first kappa shape index (κ1) is 28.1. The number of hydrogen-bond donors (Lipinski definition) is 1. The minimum atomic E-state index is -0.924. The number of benzene rings is 3. The molecule has 2 fully saturated rings. The monoisotopic (exact) mass is 549 g/mol. The molecule has 1 heterocycles. The van der Waals surface area contributed by atoms with E-state index in [1.165, 1.54) is 18.9 Å². The molecule has 5 nitrogen and oxygen atoms in total. The summed E-state index contributed by atoms with van der Waals surface area (Å²) in [5.74, 6) is -1.16. The van der Waals surface area contributed by atoms with Gasteiger partial charge in [-0.15, -0.1) is 0 Å². The van der Waals surface area contributed by atoms with Crippen LogP contribution in [0.4, 0.5) is 8.78 Å². The summed E-state index contributed by atoms with van der Waals surface area (Å²) in [5, 5.41) is 9.36. The predicted molar refractivity (Wildman–Crippen MR) is 151 cm³/mol. The maximum absolute atomic E-state index is 15.5. The molecule has 40 heavy (non-hydrogen) atoms. The van der Waals surface area contributed by atoms with E-state index in [2.05, 4.69) is 4.90 Å². The van der Waals surface area contributed by atoms with Gasteiger partial charge in [0, 0.05) is 18.0 Å². The summed E-state index contributed by atoms with van der Waals surface area (Å²) in [6.45, 7) is 2.82. The molecule has 7 heteroatoms. The summed E-state index contributed by atoms with van der Waals surface area (Å²) < 4.78 is 41.8. The molecule has 2 aliphatic rings. The smallest absolute Gasteiger partial charge is 0.303 e. The summed E-state index contributed by atoms with van der Waals surface area (Å²) in [6.07, 6.45) is 6.48. The zero-order valence-corrected chi connectivity index (χ0v) is 23.0. The van der Waals surface area contributed by atoms with E-state index in [-0.39, 0.29) is 36.4 Å². The maximum Gasteiger partial charge on any atom is 0.303 e. The summed E-state index contributed by atoms with van der Waals surface area (Å²) in [5.41, 5.74) is 3.54. The average Bonchev–Trinajstić information content (AvgIpc) is 3.81. The van der Waals surface area contributed by atoms with Gasteiger partial charge in [-0.3, -0.25) is 9.69 Å². The second kappa shape index (κ2) is 12.8.